The molecule has 1 aliphatic heterocycles. The Morgan fingerprint density at radius 3 is 2.70 bits per heavy atom. The maximum atomic E-state index is 11.9. The molecule has 2 N–H and O–H groups in total. The number of nitro groups is 1. The first kappa shape index (κ1) is 20.9. The zero-order valence-electron chi connectivity index (χ0n) is 17.7. The van der Waals surface area contributed by atoms with E-state index in [2.05, 4.69) is 15.2 Å². The van der Waals surface area contributed by atoms with Crippen molar-refractivity contribution in [3.05, 3.63) is 70.5 Å². The molecule has 0 atom stereocenters. The van der Waals surface area contributed by atoms with Crippen molar-refractivity contribution in [2.45, 2.75) is 25.4 Å². The second-order valence-corrected chi connectivity index (χ2v) is 8.30. The molecule has 2 aromatic carbocycles. The van der Waals surface area contributed by atoms with Crippen molar-refractivity contribution in [1.82, 2.24) is 15.2 Å². The molecule has 0 radical (unpaired) electrons. The number of fused-ring (bicyclic) bond motifs is 2. The lowest BCUT2D eigenvalue weighted by molar-refractivity contribution is -0.383. The smallest absolute Gasteiger partial charge is 0.404 e. The number of nitrogens with one attached hydrogen (secondary N) is 1. The predicted octanol–water partition coefficient (Wildman–Crippen LogP) is 4.79. The summed E-state index contributed by atoms with van der Waals surface area (Å²) in [6.07, 6.45) is 3.60. The molecule has 9 nitrogen and oxygen atoms in total. The number of carboxylic acid groups (broad SMARTS) is 1. The first-order valence-electron chi connectivity index (χ1n) is 10.7. The van der Waals surface area contributed by atoms with Gasteiger partial charge in [-0.2, -0.15) is 0 Å². The Labute approximate surface area is 188 Å². The van der Waals surface area contributed by atoms with Crippen molar-refractivity contribution in [2.24, 2.45) is 0 Å². The first-order chi connectivity index (χ1) is 16.0. The highest BCUT2D eigenvalue weighted by Crippen LogP contribution is 2.36. The van der Waals surface area contributed by atoms with E-state index in [1.165, 1.54) is 6.20 Å². The van der Waals surface area contributed by atoms with Gasteiger partial charge in [0, 0.05) is 60.5 Å². The van der Waals surface area contributed by atoms with Gasteiger partial charge in [0.25, 0.3) is 5.69 Å². The van der Waals surface area contributed by atoms with E-state index in [1.807, 2.05) is 36.4 Å². The first-order valence-corrected chi connectivity index (χ1v) is 10.7. The Hall–Kier alpha value is -3.98. The minimum atomic E-state index is -1.01. The number of likely N-dealkylation sites (tertiary alicyclic amines) is 1. The molecule has 5 rings (SSSR count). The number of nitro benzene ring substituents is 1. The number of non-ortho nitro benzene ring substituents is 1. The van der Waals surface area contributed by atoms with Crippen LogP contribution in [0.2, 0.25) is 0 Å². The van der Waals surface area contributed by atoms with E-state index in [1.54, 1.807) is 12.3 Å². The summed E-state index contributed by atoms with van der Waals surface area (Å²) in [6.45, 7) is 1.96. The number of carbonyl (C=O) groups is 1. The SMILES string of the molecule is O=C(O)NC1CCN(Cc2cc([N+](=O)[O-])c3cncc(-c4cc5ccccc5o4)c3c2)CC1. The molecule has 0 spiro atoms. The van der Waals surface area contributed by atoms with E-state index in [-0.39, 0.29) is 16.7 Å². The second kappa shape index (κ2) is 8.51. The summed E-state index contributed by atoms with van der Waals surface area (Å²) < 4.78 is 6.02. The fourth-order valence-electron chi connectivity index (χ4n) is 4.53. The lowest BCUT2D eigenvalue weighted by Gasteiger charge is -2.31. The molecule has 4 aromatic rings. The minimum absolute atomic E-state index is 0.00962. The number of benzene rings is 2. The predicted molar refractivity (Wildman–Crippen MR) is 123 cm³/mol. The van der Waals surface area contributed by atoms with E-state index in [4.69, 9.17) is 9.52 Å². The lowest BCUT2D eigenvalue weighted by atomic mass is 10.00. The molecule has 0 saturated carbocycles. The van der Waals surface area contributed by atoms with Crippen molar-refractivity contribution in [1.29, 1.82) is 0 Å². The maximum absolute atomic E-state index is 11.9. The summed E-state index contributed by atoms with van der Waals surface area (Å²) in [6, 6.07) is 13.1. The molecule has 168 valence electrons. The molecular weight excluding hydrogens is 424 g/mol. The van der Waals surface area contributed by atoms with Crippen LogP contribution in [-0.2, 0) is 6.54 Å². The van der Waals surface area contributed by atoms with Gasteiger partial charge in [0.15, 0.2) is 0 Å². The molecule has 9 heteroatoms. The Kier molecular flexibility index (Phi) is 5.39. The molecule has 2 aromatic heterocycles. The highest BCUT2D eigenvalue weighted by molar-refractivity contribution is 6.01. The van der Waals surface area contributed by atoms with E-state index in [0.29, 0.717) is 49.2 Å². The van der Waals surface area contributed by atoms with Gasteiger partial charge in [-0.15, -0.1) is 0 Å². The lowest BCUT2D eigenvalue weighted by Crippen LogP contribution is -2.43. The van der Waals surface area contributed by atoms with Crippen molar-refractivity contribution < 1.29 is 19.2 Å². The molecule has 0 aliphatic carbocycles. The number of aromatic nitrogens is 1. The zero-order chi connectivity index (χ0) is 22.9. The number of piperidine rings is 1. The molecule has 1 amide bonds. The highest BCUT2D eigenvalue weighted by Gasteiger charge is 2.23. The van der Waals surface area contributed by atoms with E-state index >= 15 is 0 Å². The van der Waals surface area contributed by atoms with Crippen LogP contribution in [-0.4, -0.2) is 45.1 Å². The second-order valence-electron chi connectivity index (χ2n) is 8.30. The highest BCUT2D eigenvalue weighted by atomic mass is 16.6. The molecular formula is C24H22N4O5. The topological polar surface area (TPSA) is 122 Å². The van der Waals surface area contributed by atoms with Gasteiger partial charge in [0.05, 0.1) is 10.3 Å². The average molecular weight is 446 g/mol. The molecule has 0 bridgehead atoms. The number of rotatable bonds is 5. The van der Waals surface area contributed by atoms with Crippen LogP contribution in [0, 0.1) is 10.1 Å². The van der Waals surface area contributed by atoms with Crippen LogP contribution in [0.15, 0.2) is 59.3 Å². The summed E-state index contributed by atoms with van der Waals surface area (Å²) in [5, 5.41) is 25.5. The Morgan fingerprint density at radius 1 is 1.18 bits per heavy atom. The third-order valence-electron chi connectivity index (χ3n) is 6.12. The van der Waals surface area contributed by atoms with Crippen LogP contribution in [0.5, 0.6) is 0 Å². The van der Waals surface area contributed by atoms with Gasteiger partial charge in [-0.3, -0.25) is 20.0 Å². The van der Waals surface area contributed by atoms with Gasteiger partial charge in [-0.25, -0.2) is 4.79 Å². The monoisotopic (exact) mass is 446 g/mol. The van der Waals surface area contributed by atoms with Crippen LogP contribution in [0.4, 0.5) is 10.5 Å². The van der Waals surface area contributed by atoms with E-state index in [0.717, 1.165) is 21.9 Å². The Morgan fingerprint density at radius 2 is 1.97 bits per heavy atom. The van der Waals surface area contributed by atoms with E-state index in [9.17, 15) is 14.9 Å². The molecule has 1 saturated heterocycles. The van der Waals surface area contributed by atoms with Crippen molar-refractivity contribution in [3.8, 4) is 11.3 Å². The van der Waals surface area contributed by atoms with Gasteiger partial charge in [0.2, 0.25) is 0 Å². The summed E-state index contributed by atoms with van der Waals surface area (Å²) in [5.41, 5.74) is 2.28. The molecule has 0 unspecified atom stereocenters. The average Bonchev–Trinajstić information content (AvgIpc) is 3.23. The van der Waals surface area contributed by atoms with Crippen molar-refractivity contribution in [2.75, 3.05) is 13.1 Å². The fourth-order valence-corrected chi connectivity index (χ4v) is 4.53. The van der Waals surface area contributed by atoms with Gasteiger partial charge in [-0.05, 0) is 36.6 Å². The largest absolute Gasteiger partial charge is 0.465 e. The Bertz CT molecular complexity index is 1320. The minimum Gasteiger partial charge on any atom is -0.465 e. The summed E-state index contributed by atoms with van der Waals surface area (Å²) in [5.74, 6) is 0.612. The van der Waals surface area contributed by atoms with Crippen LogP contribution < -0.4 is 5.32 Å². The number of amides is 1. The number of nitrogens with zero attached hydrogens (tertiary/aromatic N) is 3. The van der Waals surface area contributed by atoms with Crippen LogP contribution in [0.25, 0.3) is 33.1 Å². The molecule has 1 fully saturated rings. The summed E-state index contributed by atoms with van der Waals surface area (Å²) >= 11 is 0. The molecule has 1 aliphatic rings. The number of furan rings is 1. The van der Waals surface area contributed by atoms with Gasteiger partial charge in [0.1, 0.15) is 11.3 Å². The third-order valence-corrected chi connectivity index (χ3v) is 6.12. The standard InChI is InChI=1S/C24H22N4O5/c29-24(30)26-17-5-7-27(8-6-17)14-15-9-18-19(21(10-15)28(31)32)12-25-13-20(18)23-11-16-3-1-2-4-22(16)33-23/h1-4,9-13,17,26H,5-8,14H2,(H,29,30). The zero-order valence-corrected chi connectivity index (χ0v) is 17.7. The summed E-state index contributed by atoms with van der Waals surface area (Å²) in [7, 11) is 0. The normalized spacial score (nSPS) is 15.2. The number of hydrogen-bond donors (Lipinski definition) is 2. The Balaban J connectivity index is 1.51. The van der Waals surface area contributed by atoms with Crippen molar-refractivity contribution >= 4 is 33.5 Å². The molecule has 33 heavy (non-hydrogen) atoms. The summed E-state index contributed by atoms with van der Waals surface area (Å²) in [4.78, 5) is 28.8. The van der Waals surface area contributed by atoms with Gasteiger partial charge >= 0.3 is 6.09 Å². The quantitative estimate of drug-likeness (QED) is 0.334. The van der Waals surface area contributed by atoms with E-state index < -0.39 is 6.09 Å². The van der Waals surface area contributed by atoms with Gasteiger partial charge in [-0.1, -0.05) is 18.2 Å². The number of para-hydroxylation sites is 1. The number of pyridine rings is 1. The molecule has 3 heterocycles. The van der Waals surface area contributed by atoms with Crippen LogP contribution in [0.1, 0.15) is 18.4 Å². The van der Waals surface area contributed by atoms with Crippen LogP contribution >= 0.6 is 0 Å². The van der Waals surface area contributed by atoms with Crippen LogP contribution in [0.3, 0.4) is 0 Å². The third kappa shape index (κ3) is 4.22. The van der Waals surface area contributed by atoms with Gasteiger partial charge < -0.3 is 14.8 Å². The maximum Gasteiger partial charge on any atom is 0.404 e. The number of hydrogen-bond acceptors (Lipinski definition) is 6. The fraction of sp³-hybridized carbons (Fsp3) is 0.250. The van der Waals surface area contributed by atoms with Crippen molar-refractivity contribution in [3.63, 3.8) is 0 Å².